The van der Waals surface area contributed by atoms with Gasteiger partial charge in [0.2, 0.25) is 11.8 Å². The lowest BCUT2D eigenvalue weighted by Crippen LogP contribution is -2.46. The van der Waals surface area contributed by atoms with Gasteiger partial charge >= 0.3 is 5.97 Å². The van der Waals surface area contributed by atoms with Gasteiger partial charge in [-0.2, -0.15) is 0 Å². The molecular formula is C27H30N2O5. The molecule has 1 aliphatic carbocycles. The molecule has 34 heavy (non-hydrogen) atoms. The van der Waals surface area contributed by atoms with Crippen LogP contribution in [0.5, 0.6) is 0 Å². The zero-order valence-electron chi connectivity index (χ0n) is 20.2. The lowest BCUT2D eigenvalue weighted by atomic mass is 10.0. The predicted octanol–water partition coefficient (Wildman–Crippen LogP) is 3.82. The van der Waals surface area contributed by atoms with Gasteiger partial charge in [0.05, 0.1) is 24.8 Å². The van der Waals surface area contributed by atoms with Crippen molar-refractivity contribution in [2.45, 2.75) is 46.7 Å². The number of hydrogen-bond acceptors (Lipinski definition) is 5. The first-order valence-electron chi connectivity index (χ1n) is 11.4. The molecule has 2 aliphatic rings. The Hall–Kier alpha value is -3.48. The molecule has 2 fully saturated rings. The summed E-state index contributed by atoms with van der Waals surface area (Å²) in [4.78, 5) is 54.7. The molecule has 0 spiro atoms. The van der Waals surface area contributed by atoms with Crippen molar-refractivity contribution in [1.29, 1.82) is 0 Å². The van der Waals surface area contributed by atoms with E-state index in [-0.39, 0.29) is 41.5 Å². The quantitative estimate of drug-likeness (QED) is 0.481. The molecule has 1 saturated heterocycles. The van der Waals surface area contributed by atoms with Gasteiger partial charge < -0.3 is 9.64 Å². The summed E-state index contributed by atoms with van der Waals surface area (Å²) in [5.74, 6) is -1.65. The number of nitrogens with zero attached hydrogens (tertiary/aromatic N) is 2. The molecule has 7 nitrogen and oxygen atoms in total. The standard InChI is InChI=1S/C27H30N2O5/c1-26(2)22(27(26,3)4)24(32)28(16-17-9-7-6-8-10-17)20-15-21(30)29(23(20)31)19-13-11-18(12-14-19)25(33)34-5/h6-14,20,22H,15-16H2,1-5H3. The predicted molar refractivity (Wildman–Crippen MR) is 127 cm³/mol. The second kappa shape index (κ2) is 8.38. The van der Waals surface area contributed by atoms with Gasteiger partial charge in [-0.05, 0) is 40.7 Å². The van der Waals surface area contributed by atoms with Crippen LogP contribution in [0.3, 0.4) is 0 Å². The van der Waals surface area contributed by atoms with E-state index in [4.69, 9.17) is 4.74 Å². The van der Waals surface area contributed by atoms with Crippen molar-refractivity contribution in [2.75, 3.05) is 12.0 Å². The van der Waals surface area contributed by atoms with E-state index in [9.17, 15) is 19.2 Å². The Morgan fingerprint density at radius 1 is 0.971 bits per heavy atom. The van der Waals surface area contributed by atoms with Gasteiger partial charge in [0.1, 0.15) is 6.04 Å². The van der Waals surface area contributed by atoms with Crippen LogP contribution in [0.15, 0.2) is 54.6 Å². The molecule has 1 saturated carbocycles. The summed E-state index contributed by atoms with van der Waals surface area (Å²) in [5.41, 5.74) is 1.18. The van der Waals surface area contributed by atoms with E-state index >= 15 is 0 Å². The van der Waals surface area contributed by atoms with E-state index < -0.39 is 17.9 Å². The zero-order chi connectivity index (χ0) is 24.8. The van der Waals surface area contributed by atoms with Crippen LogP contribution < -0.4 is 4.90 Å². The minimum atomic E-state index is -0.882. The molecule has 2 aromatic carbocycles. The molecule has 1 unspecified atom stereocenters. The van der Waals surface area contributed by atoms with Crippen molar-refractivity contribution < 1.29 is 23.9 Å². The van der Waals surface area contributed by atoms with Crippen molar-refractivity contribution in [3.05, 3.63) is 65.7 Å². The van der Waals surface area contributed by atoms with Gasteiger partial charge in [-0.25, -0.2) is 9.69 Å². The average molecular weight is 463 g/mol. The first-order valence-corrected chi connectivity index (χ1v) is 11.4. The van der Waals surface area contributed by atoms with Gasteiger partial charge in [-0.15, -0.1) is 0 Å². The number of hydrogen-bond donors (Lipinski definition) is 0. The lowest BCUT2D eigenvalue weighted by Gasteiger charge is -2.29. The average Bonchev–Trinajstić information content (AvgIpc) is 3.05. The summed E-state index contributed by atoms with van der Waals surface area (Å²) in [7, 11) is 1.29. The van der Waals surface area contributed by atoms with Crippen molar-refractivity contribution in [3.63, 3.8) is 0 Å². The third-order valence-corrected chi connectivity index (χ3v) is 7.79. The highest BCUT2D eigenvalue weighted by Crippen LogP contribution is 2.69. The number of esters is 1. The number of amides is 3. The molecule has 0 aromatic heterocycles. The van der Waals surface area contributed by atoms with E-state index in [1.54, 1.807) is 17.0 Å². The molecule has 1 aliphatic heterocycles. The number of rotatable bonds is 6. The second-order valence-corrected chi connectivity index (χ2v) is 10.2. The maximum Gasteiger partial charge on any atom is 0.337 e. The summed E-state index contributed by atoms with van der Waals surface area (Å²) in [6.07, 6.45) is -0.0796. The number of ether oxygens (including phenoxy) is 1. The van der Waals surface area contributed by atoms with Crippen LogP contribution in [0, 0.1) is 16.7 Å². The first kappa shape index (κ1) is 23.7. The minimum absolute atomic E-state index is 0.0796. The molecule has 4 rings (SSSR count). The smallest absolute Gasteiger partial charge is 0.337 e. The largest absolute Gasteiger partial charge is 0.465 e. The van der Waals surface area contributed by atoms with Crippen LogP contribution >= 0.6 is 0 Å². The fourth-order valence-corrected chi connectivity index (χ4v) is 5.10. The first-order chi connectivity index (χ1) is 16.0. The summed E-state index contributed by atoms with van der Waals surface area (Å²) < 4.78 is 4.71. The Balaban J connectivity index is 1.64. The number of methoxy groups -OCH3 is 1. The number of benzene rings is 2. The zero-order valence-corrected chi connectivity index (χ0v) is 20.2. The molecular weight excluding hydrogens is 432 g/mol. The van der Waals surface area contributed by atoms with Crippen molar-refractivity contribution >= 4 is 29.4 Å². The minimum Gasteiger partial charge on any atom is -0.465 e. The molecule has 7 heteroatoms. The third kappa shape index (κ3) is 3.79. The van der Waals surface area contributed by atoms with Crippen LogP contribution in [0.1, 0.15) is 50.0 Å². The van der Waals surface area contributed by atoms with Crippen LogP contribution in [-0.2, 0) is 25.7 Å². The van der Waals surface area contributed by atoms with Crippen molar-refractivity contribution in [2.24, 2.45) is 16.7 Å². The number of anilines is 1. The van der Waals surface area contributed by atoms with Gasteiger partial charge in [-0.3, -0.25) is 14.4 Å². The second-order valence-electron chi connectivity index (χ2n) is 10.2. The van der Waals surface area contributed by atoms with Gasteiger partial charge in [0.15, 0.2) is 0 Å². The van der Waals surface area contributed by atoms with Crippen molar-refractivity contribution in [3.8, 4) is 0 Å². The maximum absolute atomic E-state index is 13.8. The molecule has 2 aromatic rings. The highest BCUT2D eigenvalue weighted by molar-refractivity contribution is 6.23. The van der Waals surface area contributed by atoms with E-state index in [1.807, 2.05) is 30.3 Å². The summed E-state index contributed by atoms with van der Waals surface area (Å²) in [5, 5.41) is 0. The monoisotopic (exact) mass is 462 g/mol. The van der Waals surface area contributed by atoms with E-state index in [1.165, 1.54) is 19.2 Å². The highest BCUT2D eigenvalue weighted by Gasteiger charge is 2.69. The molecule has 178 valence electrons. The molecule has 1 atom stereocenters. The third-order valence-electron chi connectivity index (χ3n) is 7.79. The molecule has 1 heterocycles. The molecule has 3 amide bonds. The van der Waals surface area contributed by atoms with Gasteiger partial charge in [0, 0.05) is 12.5 Å². The summed E-state index contributed by atoms with van der Waals surface area (Å²) in [6, 6.07) is 14.7. The van der Waals surface area contributed by atoms with E-state index in [0.29, 0.717) is 11.3 Å². The normalized spacial score (nSPS) is 20.9. The number of imide groups is 1. The number of carbonyl (C=O) groups excluding carboxylic acids is 4. The van der Waals surface area contributed by atoms with Gasteiger partial charge in [-0.1, -0.05) is 58.0 Å². The van der Waals surface area contributed by atoms with Crippen molar-refractivity contribution in [1.82, 2.24) is 4.90 Å². The molecule has 0 bridgehead atoms. The van der Waals surface area contributed by atoms with E-state index in [2.05, 4.69) is 27.7 Å². The lowest BCUT2D eigenvalue weighted by molar-refractivity contribution is -0.141. The van der Waals surface area contributed by atoms with Crippen LogP contribution in [0.4, 0.5) is 5.69 Å². The Morgan fingerprint density at radius 3 is 2.09 bits per heavy atom. The Kier molecular flexibility index (Phi) is 5.84. The maximum atomic E-state index is 13.8. The summed E-state index contributed by atoms with van der Waals surface area (Å²) in [6.45, 7) is 8.50. The Labute approximate surface area is 199 Å². The molecule has 0 N–H and O–H groups in total. The SMILES string of the molecule is COC(=O)c1ccc(N2C(=O)CC(N(Cc3ccccc3)C(=O)C3C(C)(C)C3(C)C)C2=O)cc1. The van der Waals surface area contributed by atoms with Crippen LogP contribution in [0.2, 0.25) is 0 Å². The molecule has 0 radical (unpaired) electrons. The van der Waals surface area contributed by atoms with Crippen LogP contribution in [0.25, 0.3) is 0 Å². The summed E-state index contributed by atoms with van der Waals surface area (Å²) >= 11 is 0. The highest BCUT2D eigenvalue weighted by atomic mass is 16.5. The fourth-order valence-electron chi connectivity index (χ4n) is 5.10. The fraction of sp³-hybridized carbons (Fsp3) is 0.407. The Morgan fingerprint density at radius 2 is 1.56 bits per heavy atom. The van der Waals surface area contributed by atoms with E-state index in [0.717, 1.165) is 10.5 Å². The van der Waals surface area contributed by atoms with Crippen LogP contribution in [-0.4, -0.2) is 41.7 Å². The van der Waals surface area contributed by atoms with Gasteiger partial charge in [0.25, 0.3) is 5.91 Å². The Bertz CT molecular complexity index is 1120. The number of carbonyl (C=O) groups is 4. The topological polar surface area (TPSA) is 84.0 Å².